The maximum atomic E-state index is 5.76. The lowest BCUT2D eigenvalue weighted by Crippen LogP contribution is -2.04. The Kier molecular flexibility index (Phi) is 2.92. The van der Waals surface area contributed by atoms with Crippen LogP contribution in [0.3, 0.4) is 0 Å². The van der Waals surface area contributed by atoms with E-state index in [-0.39, 0.29) is 6.04 Å². The number of nitrogens with one attached hydrogen (secondary N) is 1. The van der Waals surface area contributed by atoms with Crippen molar-refractivity contribution < 1.29 is 4.74 Å². The van der Waals surface area contributed by atoms with Crippen LogP contribution in [0.1, 0.15) is 24.2 Å². The van der Waals surface area contributed by atoms with Crippen molar-refractivity contribution in [3.63, 3.8) is 0 Å². The summed E-state index contributed by atoms with van der Waals surface area (Å²) in [5.74, 6) is 1.34. The predicted octanol–water partition coefficient (Wildman–Crippen LogP) is 2.53. The standard InChI is InChI=1S/C12H15N3O/c1-8-7-12(15-14-8)16-11-5-3-10(4-6-11)9(2)13/h3-7,9H,13H2,1-2H3,(H,14,15). The summed E-state index contributed by atoms with van der Waals surface area (Å²) in [5, 5.41) is 6.82. The van der Waals surface area contributed by atoms with Crippen molar-refractivity contribution in [2.24, 2.45) is 5.73 Å². The second-order valence-corrected chi connectivity index (χ2v) is 3.85. The van der Waals surface area contributed by atoms with Crippen LogP contribution in [0.2, 0.25) is 0 Å². The molecule has 0 amide bonds. The van der Waals surface area contributed by atoms with Crippen molar-refractivity contribution in [1.29, 1.82) is 0 Å². The Morgan fingerprint density at radius 3 is 2.50 bits per heavy atom. The third kappa shape index (κ3) is 2.41. The molecule has 84 valence electrons. The van der Waals surface area contributed by atoms with E-state index < -0.39 is 0 Å². The van der Waals surface area contributed by atoms with E-state index in [4.69, 9.17) is 10.5 Å². The van der Waals surface area contributed by atoms with Gasteiger partial charge >= 0.3 is 0 Å². The van der Waals surface area contributed by atoms with Gasteiger partial charge in [-0.2, -0.15) is 0 Å². The average molecular weight is 217 g/mol. The first kappa shape index (κ1) is 10.7. The number of hydrogen-bond donors (Lipinski definition) is 2. The first-order chi connectivity index (χ1) is 7.65. The lowest BCUT2D eigenvalue weighted by molar-refractivity contribution is 0.461. The van der Waals surface area contributed by atoms with Gasteiger partial charge < -0.3 is 10.5 Å². The van der Waals surface area contributed by atoms with Crippen LogP contribution in [0.5, 0.6) is 11.6 Å². The third-order valence-corrected chi connectivity index (χ3v) is 2.31. The summed E-state index contributed by atoms with van der Waals surface area (Å²) in [5.41, 5.74) is 7.82. The Labute approximate surface area is 94.4 Å². The van der Waals surface area contributed by atoms with E-state index in [2.05, 4.69) is 10.2 Å². The van der Waals surface area contributed by atoms with Gasteiger partial charge in [0.2, 0.25) is 5.88 Å². The quantitative estimate of drug-likeness (QED) is 0.830. The fourth-order valence-electron chi connectivity index (χ4n) is 1.41. The van der Waals surface area contributed by atoms with Crippen molar-refractivity contribution >= 4 is 0 Å². The molecule has 1 aromatic heterocycles. The first-order valence-corrected chi connectivity index (χ1v) is 5.20. The molecular formula is C12H15N3O. The number of rotatable bonds is 3. The summed E-state index contributed by atoms with van der Waals surface area (Å²) < 4.78 is 5.55. The highest BCUT2D eigenvalue weighted by atomic mass is 16.5. The van der Waals surface area contributed by atoms with Gasteiger partial charge in [-0.15, -0.1) is 5.10 Å². The van der Waals surface area contributed by atoms with E-state index in [9.17, 15) is 0 Å². The molecule has 1 atom stereocenters. The van der Waals surface area contributed by atoms with Gasteiger partial charge in [0.1, 0.15) is 5.75 Å². The number of benzene rings is 1. The minimum atomic E-state index is 0.0432. The Balaban J connectivity index is 2.11. The molecule has 0 aliphatic carbocycles. The molecule has 0 bridgehead atoms. The maximum Gasteiger partial charge on any atom is 0.238 e. The summed E-state index contributed by atoms with van der Waals surface area (Å²) in [6.07, 6.45) is 0. The molecule has 0 aliphatic rings. The highest BCUT2D eigenvalue weighted by Gasteiger charge is 2.02. The second kappa shape index (κ2) is 4.37. The average Bonchev–Trinajstić information content (AvgIpc) is 2.65. The van der Waals surface area contributed by atoms with Gasteiger partial charge in [0.25, 0.3) is 0 Å². The molecule has 0 saturated heterocycles. The zero-order chi connectivity index (χ0) is 11.5. The Morgan fingerprint density at radius 1 is 1.31 bits per heavy atom. The van der Waals surface area contributed by atoms with Gasteiger partial charge in [-0.1, -0.05) is 12.1 Å². The van der Waals surface area contributed by atoms with Gasteiger partial charge in [0.15, 0.2) is 0 Å². The number of aromatic nitrogens is 2. The third-order valence-electron chi connectivity index (χ3n) is 2.31. The van der Waals surface area contributed by atoms with Gasteiger partial charge in [-0.05, 0) is 31.5 Å². The lowest BCUT2D eigenvalue weighted by atomic mass is 10.1. The fourth-order valence-corrected chi connectivity index (χ4v) is 1.41. The number of H-pyrrole nitrogens is 1. The van der Waals surface area contributed by atoms with Crippen LogP contribution in [-0.2, 0) is 0 Å². The highest BCUT2D eigenvalue weighted by molar-refractivity contribution is 5.31. The number of aromatic amines is 1. The Bertz CT molecular complexity index is 459. The maximum absolute atomic E-state index is 5.76. The monoisotopic (exact) mass is 217 g/mol. The van der Waals surface area contributed by atoms with E-state index >= 15 is 0 Å². The van der Waals surface area contributed by atoms with Crippen LogP contribution in [0, 0.1) is 6.92 Å². The SMILES string of the molecule is Cc1cc(Oc2ccc(C(C)N)cc2)n[nH]1. The van der Waals surface area contributed by atoms with Crippen LogP contribution in [-0.4, -0.2) is 10.2 Å². The number of nitrogens with two attached hydrogens (primary N) is 1. The highest BCUT2D eigenvalue weighted by Crippen LogP contribution is 2.21. The van der Waals surface area contributed by atoms with E-state index in [1.54, 1.807) is 0 Å². The summed E-state index contributed by atoms with van der Waals surface area (Å²) in [6, 6.07) is 9.59. The summed E-state index contributed by atoms with van der Waals surface area (Å²) in [4.78, 5) is 0. The van der Waals surface area contributed by atoms with Crippen LogP contribution >= 0.6 is 0 Å². The van der Waals surface area contributed by atoms with Gasteiger partial charge in [0, 0.05) is 17.8 Å². The minimum absolute atomic E-state index is 0.0432. The molecular weight excluding hydrogens is 202 g/mol. The zero-order valence-electron chi connectivity index (χ0n) is 9.40. The smallest absolute Gasteiger partial charge is 0.238 e. The van der Waals surface area contributed by atoms with Crippen LogP contribution in [0.4, 0.5) is 0 Å². The van der Waals surface area contributed by atoms with Crippen molar-refractivity contribution in [1.82, 2.24) is 10.2 Å². The van der Waals surface area contributed by atoms with Crippen molar-refractivity contribution in [3.8, 4) is 11.6 Å². The molecule has 0 saturated carbocycles. The molecule has 0 fully saturated rings. The molecule has 0 radical (unpaired) electrons. The zero-order valence-corrected chi connectivity index (χ0v) is 9.40. The van der Waals surface area contributed by atoms with E-state index in [1.807, 2.05) is 44.2 Å². The number of ether oxygens (including phenoxy) is 1. The van der Waals surface area contributed by atoms with Gasteiger partial charge in [-0.25, -0.2) is 0 Å². The minimum Gasteiger partial charge on any atom is -0.438 e. The van der Waals surface area contributed by atoms with Crippen molar-refractivity contribution in [3.05, 3.63) is 41.6 Å². The molecule has 1 heterocycles. The summed E-state index contributed by atoms with van der Waals surface area (Å²) in [7, 11) is 0. The molecule has 16 heavy (non-hydrogen) atoms. The van der Waals surface area contributed by atoms with Crippen LogP contribution in [0.15, 0.2) is 30.3 Å². The molecule has 1 unspecified atom stereocenters. The first-order valence-electron chi connectivity index (χ1n) is 5.20. The molecule has 0 aliphatic heterocycles. The Hall–Kier alpha value is -1.81. The summed E-state index contributed by atoms with van der Waals surface area (Å²) >= 11 is 0. The second-order valence-electron chi connectivity index (χ2n) is 3.85. The molecule has 0 spiro atoms. The van der Waals surface area contributed by atoms with Crippen molar-refractivity contribution in [2.45, 2.75) is 19.9 Å². The van der Waals surface area contributed by atoms with Gasteiger partial charge in [-0.3, -0.25) is 5.10 Å². The molecule has 3 N–H and O–H groups in total. The number of nitrogens with zero attached hydrogens (tertiary/aromatic N) is 1. The molecule has 4 heteroatoms. The van der Waals surface area contributed by atoms with E-state index in [1.165, 1.54) is 0 Å². The predicted molar refractivity (Wildman–Crippen MR) is 62.4 cm³/mol. The van der Waals surface area contributed by atoms with Crippen LogP contribution < -0.4 is 10.5 Å². The van der Waals surface area contributed by atoms with E-state index in [0.717, 1.165) is 17.0 Å². The fraction of sp³-hybridized carbons (Fsp3) is 0.250. The van der Waals surface area contributed by atoms with E-state index in [0.29, 0.717) is 5.88 Å². The normalized spacial score (nSPS) is 12.4. The van der Waals surface area contributed by atoms with Crippen LogP contribution in [0.25, 0.3) is 0 Å². The topological polar surface area (TPSA) is 63.9 Å². The molecule has 2 aromatic rings. The van der Waals surface area contributed by atoms with Gasteiger partial charge in [0.05, 0.1) is 0 Å². The molecule has 1 aromatic carbocycles. The molecule has 2 rings (SSSR count). The number of aryl methyl sites for hydroxylation is 1. The largest absolute Gasteiger partial charge is 0.438 e. The Morgan fingerprint density at radius 2 is 2.00 bits per heavy atom. The molecule has 4 nitrogen and oxygen atoms in total. The summed E-state index contributed by atoms with van der Waals surface area (Å²) in [6.45, 7) is 3.88. The lowest BCUT2D eigenvalue weighted by Gasteiger charge is -2.06. The number of hydrogen-bond acceptors (Lipinski definition) is 3. The van der Waals surface area contributed by atoms with Crippen molar-refractivity contribution in [2.75, 3.05) is 0 Å².